The van der Waals surface area contributed by atoms with E-state index in [2.05, 4.69) is 93.2 Å². The van der Waals surface area contributed by atoms with E-state index in [4.69, 9.17) is 0 Å². The van der Waals surface area contributed by atoms with E-state index in [1.54, 1.807) is 0 Å². The average Bonchev–Trinajstić information content (AvgIpc) is 2.53. The number of rotatable bonds is 4. The standard InChI is InChI=1S/C21H36N4O2Si2/c1-20(2,3)28(7,8)25(29(9,10)21(4,5)6)16-14-12-11-13-15(16)17-18(26)22-19(27)24-23-17/h11-14H,1-10H3,(H2,22,24,26,27). The van der Waals surface area contributed by atoms with Crippen molar-refractivity contribution < 1.29 is 0 Å². The van der Waals surface area contributed by atoms with Gasteiger partial charge in [0.2, 0.25) is 0 Å². The fourth-order valence-corrected chi connectivity index (χ4v) is 13.9. The van der Waals surface area contributed by atoms with Crippen LogP contribution in [0, 0.1) is 0 Å². The lowest BCUT2D eigenvalue weighted by atomic mass is 10.1. The first-order valence-electron chi connectivity index (χ1n) is 10.1. The molecule has 1 aromatic carbocycles. The smallest absolute Gasteiger partial charge is 0.342 e. The highest BCUT2D eigenvalue weighted by atomic mass is 28.4. The molecule has 2 N–H and O–H groups in total. The topological polar surface area (TPSA) is 81.8 Å². The van der Waals surface area contributed by atoms with Crippen LogP contribution in [-0.2, 0) is 0 Å². The van der Waals surface area contributed by atoms with Gasteiger partial charge in [0, 0.05) is 11.3 Å². The Morgan fingerprint density at radius 2 is 1.34 bits per heavy atom. The van der Waals surface area contributed by atoms with Crippen LogP contribution in [0.5, 0.6) is 0 Å². The zero-order valence-electron chi connectivity index (χ0n) is 19.5. The molecule has 0 aliphatic carbocycles. The van der Waals surface area contributed by atoms with Crippen LogP contribution in [0.1, 0.15) is 41.5 Å². The van der Waals surface area contributed by atoms with Crippen LogP contribution in [0.15, 0.2) is 33.9 Å². The van der Waals surface area contributed by atoms with Gasteiger partial charge in [-0.05, 0) is 16.1 Å². The molecular weight excluding hydrogens is 396 g/mol. The lowest BCUT2D eigenvalue weighted by molar-refractivity contribution is 0.695. The molecule has 0 unspecified atom stereocenters. The van der Waals surface area contributed by atoms with Gasteiger partial charge in [-0.15, -0.1) is 0 Å². The van der Waals surface area contributed by atoms with Crippen LogP contribution >= 0.6 is 0 Å². The van der Waals surface area contributed by atoms with Crippen LogP contribution in [0.2, 0.25) is 36.3 Å². The van der Waals surface area contributed by atoms with Gasteiger partial charge < -0.3 is 4.23 Å². The van der Waals surface area contributed by atoms with Crippen LogP contribution < -0.4 is 15.5 Å². The summed E-state index contributed by atoms with van der Waals surface area (Å²) in [6.45, 7) is 23.5. The summed E-state index contributed by atoms with van der Waals surface area (Å²) in [5, 5.41) is 6.71. The van der Waals surface area contributed by atoms with E-state index in [1.807, 2.05) is 18.2 Å². The third kappa shape index (κ3) is 4.18. The molecule has 160 valence electrons. The lowest BCUT2D eigenvalue weighted by Gasteiger charge is -2.58. The zero-order valence-corrected chi connectivity index (χ0v) is 21.5. The molecule has 0 aliphatic heterocycles. The summed E-state index contributed by atoms with van der Waals surface area (Å²) >= 11 is 0. The predicted molar refractivity (Wildman–Crippen MR) is 128 cm³/mol. The summed E-state index contributed by atoms with van der Waals surface area (Å²) < 4.78 is 2.70. The Morgan fingerprint density at radius 3 is 1.79 bits per heavy atom. The Balaban J connectivity index is 2.91. The number of benzene rings is 1. The Morgan fingerprint density at radius 1 is 0.862 bits per heavy atom. The maximum absolute atomic E-state index is 12.6. The number of nitrogens with zero attached hydrogens (tertiary/aromatic N) is 2. The second-order valence-electron chi connectivity index (χ2n) is 10.8. The number of hydrogen-bond acceptors (Lipinski definition) is 4. The third-order valence-electron chi connectivity index (χ3n) is 6.90. The van der Waals surface area contributed by atoms with Crippen molar-refractivity contribution >= 4 is 22.2 Å². The fourth-order valence-electron chi connectivity index (χ4n) is 3.37. The number of aromatic amines is 2. The molecule has 0 spiro atoms. The number of aromatic nitrogens is 3. The number of nitrogens with one attached hydrogen (secondary N) is 2. The van der Waals surface area contributed by atoms with E-state index in [9.17, 15) is 9.59 Å². The van der Waals surface area contributed by atoms with Gasteiger partial charge in [0.05, 0.1) is 0 Å². The van der Waals surface area contributed by atoms with Crippen LogP contribution in [-0.4, -0.2) is 31.7 Å². The molecule has 0 saturated heterocycles. The minimum absolute atomic E-state index is 0.112. The average molecular weight is 433 g/mol. The van der Waals surface area contributed by atoms with E-state index in [1.165, 1.54) is 0 Å². The highest BCUT2D eigenvalue weighted by molar-refractivity contribution is 7.02. The van der Waals surface area contributed by atoms with Gasteiger partial charge >= 0.3 is 5.69 Å². The SMILES string of the molecule is CC(C)(C)[Si](C)(C)N(c1ccccc1-c1n[nH]c(=O)[nH]c1=O)[Si](C)(C)C(C)(C)C. The monoisotopic (exact) mass is 432 g/mol. The molecule has 0 amide bonds. The van der Waals surface area contributed by atoms with Crippen molar-refractivity contribution in [3.05, 3.63) is 45.1 Å². The van der Waals surface area contributed by atoms with E-state index in [0.717, 1.165) is 11.3 Å². The summed E-state index contributed by atoms with van der Waals surface area (Å²) in [6, 6.07) is 7.97. The van der Waals surface area contributed by atoms with Gasteiger partial charge in [0.25, 0.3) is 5.56 Å². The molecule has 8 heteroatoms. The maximum Gasteiger partial charge on any atom is 0.342 e. The van der Waals surface area contributed by atoms with E-state index >= 15 is 0 Å². The van der Waals surface area contributed by atoms with Crippen molar-refractivity contribution in [2.75, 3.05) is 4.23 Å². The van der Waals surface area contributed by atoms with Crippen LogP contribution in [0.4, 0.5) is 5.69 Å². The Hall–Kier alpha value is -1.94. The Kier molecular flexibility index (Phi) is 5.95. The van der Waals surface area contributed by atoms with E-state index in [0.29, 0.717) is 0 Å². The van der Waals surface area contributed by atoms with Crippen molar-refractivity contribution in [2.45, 2.75) is 77.8 Å². The highest BCUT2D eigenvalue weighted by Crippen LogP contribution is 2.50. The summed E-state index contributed by atoms with van der Waals surface area (Å²) in [5.74, 6) is 0. The van der Waals surface area contributed by atoms with Crippen LogP contribution in [0.3, 0.4) is 0 Å². The molecule has 0 bridgehead atoms. The third-order valence-corrected chi connectivity index (χ3v) is 20.3. The minimum atomic E-state index is -2.03. The van der Waals surface area contributed by atoms with Crippen molar-refractivity contribution in [2.24, 2.45) is 0 Å². The first-order valence-corrected chi connectivity index (χ1v) is 16.0. The Bertz CT molecular complexity index is 969. The first kappa shape index (κ1) is 23.3. The van der Waals surface area contributed by atoms with Crippen molar-refractivity contribution in [3.8, 4) is 11.3 Å². The van der Waals surface area contributed by atoms with Gasteiger partial charge in [0.1, 0.15) is 16.5 Å². The van der Waals surface area contributed by atoms with E-state index < -0.39 is 27.7 Å². The molecular formula is C21H36N4O2Si2. The van der Waals surface area contributed by atoms with Crippen molar-refractivity contribution in [1.82, 2.24) is 15.2 Å². The molecule has 2 aromatic rings. The number of H-pyrrole nitrogens is 2. The number of anilines is 1. The maximum atomic E-state index is 12.6. The van der Waals surface area contributed by atoms with Gasteiger partial charge in [-0.1, -0.05) is 85.9 Å². The van der Waals surface area contributed by atoms with Crippen molar-refractivity contribution in [1.29, 1.82) is 0 Å². The quantitative estimate of drug-likeness (QED) is 0.670. The number of hydrogen-bond donors (Lipinski definition) is 2. The second-order valence-corrected chi connectivity index (χ2v) is 21.4. The van der Waals surface area contributed by atoms with Gasteiger partial charge in [-0.2, -0.15) is 5.10 Å². The zero-order chi connectivity index (χ0) is 22.4. The first-order chi connectivity index (χ1) is 13.0. The lowest BCUT2D eigenvalue weighted by Crippen LogP contribution is -2.69. The van der Waals surface area contributed by atoms with Gasteiger partial charge in [0.15, 0.2) is 5.69 Å². The second kappa shape index (κ2) is 7.39. The summed E-state index contributed by atoms with van der Waals surface area (Å²) in [4.78, 5) is 26.4. The largest absolute Gasteiger partial charge is 0.423 e. The fraction of sp³-hybridized carbons (Fsp3) is 0.571. The Labute approximate surface area is 175 Å². The summed E-state index contributed by atoms with van der Waals surface area (Å²) in [7, 11) is -4.06. The number of para-hydroxylation sites is 1. The highest BCUT2D eigenvalue weighted by Gasteiger charge is 2.52. The van der Waals surface area contributed by atoms with Gasteiger partial charge in [-0.25, -0.2) is 9.89 Å². The normalized spacial score (nSPS) is 13.4. The van der Waals surface area contributed by atoms with Crippen LogP contribution in [0.25, 0.3) is 11.3 Å². The predicted octanol–water partition coefficient (Wildman–Crippen LogP) is 4.94. The molecule has 2 rings (SSSR count). The molecule has 6 nitrogen and oxygen atoms in total. The molecule has 0 atom stereocenters. The molecule has 29 heavy (non-hydrogen) atoms. The summed E-state index contributed by atoms with van der Waals surface area (Å²) in [5.41, 5.74) is 0.992. The van der Waals surface area contributed by atoms with Gasteiger partial charge in [-0.3, -0.25) is 9.78 Å². The minimum Gasteiger partial charge on any atom is -0.423 e. The molecule has 0 aliphatic rings. The molecule has 0 radical (unpaired) electrons. The molecule has 1 aromatic heterocycles. The van der Waals surface area contributed by atoms with Crippen molar-refractivity contribution in [3.63, 3.8) is 0 Å². The molecule has 0 saturated carbocycles. The summed E-state index contributed by atoms with van der Waals surface area (Å²) in [6.07, 6.45) is 0. The van der Waals surface area contributed by atoms with E-state index in [-0.39, 0.29) is 15.8 Å². The molecule has 0 fully saturated rings. The molecule has 1 heterocycles.